The van der Waals surface area contributed by atoms with E-state index in [0.717, 1.165) is 40.6 Å². The van der Waals surface area contributed by atoms with Gasteiger partial charge in [0.1, 0.15) is 11.4 Å². The molecule has 0 aliphatic heterocycles. The lowest BCUT2D eigenvalue weighted by Gasteiger charge is -2.12. The van der Waals surface area contributed by atoms with Crippen LogP contribution < -0.4 is 10.8 Å². The number of hydrogen-bond donors (Lipinski definition) is 3. The molecule has 8 heteroatoms. The number of carbonyl (C=O) groups is 1. The third-order valence-electron chi connectivity index (χ3n) is 4.84. The molecule has 1 unspecified atom stereocenters. The van der Waals surface area contributed by atoms with E-state index in [4.69, 9.17) is 9.73 Å². The van der Waals surface area contributed by atoms with Crippen LogP contribution in [-0.4, -0.2) is 27.8 Å². The predicted molar refractivity (Wildman–Crippen MR) is 120 cm³/mol. The first-order valence-electron chi connectivity index (χ1n) is 9.87. The summed E-state index contributed by atoms with van der Waals surface area (Å²) < 4.78 is 5.48. The summed E-state index contributed by atoms with van der Waals surface area (Å²) in [7, 11) is 0. The summed E-state index contributed by atoms with van der Waals surface area (Å²) in [6, 6.07) is 19.0. The SMILES string of the molecule is CC(CNc1nc(-c2cc(-c3ccccc3)no2)cs1)Cc1ccc(C(=O)NO)cc1. The molecule has 0 saturated heterocycles. The summed E-state index contributed by atoms with van der Waals surface area (Å²) in [6.45, 7) is 2.91. The number of hydroxylamine groups is 1. The minimum atomic E-state index is -0.511. The molecule has 158 valence electrons. The average molecular weight is 435 g/mol. The topological polar surface area (TPSA) is 100 Å². The Morgan fingerprint density at radius 2 is 1.90 bits per heavy atom. The van der Waals surface area contributed by atoms with Gasteiger partial charge in [0.2, 0.25) is 0 Å². The summed E-state index contributed by atoms with van der Waals surface area (Å²) >= 11 is 1.53. The molecular formula is C23H22N4O3S. The van der Waals surface area contributed by atoms with Crippen molar-refractivity contribution in [3.05, 3.63) is 77.2 Å². The van der Waals surface area contributed by atoms with Gasteiger partial charge in [-0.05, 0) is 30.0 Å². The molecule has 4 aromatic rings. The van der Waals surface area contributed by atoms with Crippen LogP contribution in [0.15, 0.2) is 70.6 Å². The number of carbonyl (C=O) groups excluding carboxylic acids is 1. The fraction of sp³-hybridized carbons (Fsp3) is 0.174. The van der Waals surface area contributed by atoms with E-state index >= 15 is 0 Å². The summed E-state index contributed by atoms with van der Waals surface area (Å²) in [5.41, 5.74) is 5.74. The molecule has 31 heavy (non-hydrogen) atoms. The van der Waals surface area contributed by atoms with Gasteiger partial charge in [-0.25, -0.2) is 10.5 Å². The highest BCUT2D eigenvalue weighted by molar-refractivity contribution is 7.14. The second kappa shape index (κ2) is 9.55. The van der Waals surface area contributed by atoms with E-state index in [1.54, 1.807) is 17.6 Å². The molecule has 7 nitrogen and oxygen atoms in total. The van der Waals surface area contributed by atoms with Crippen LogP contribution in [0.2, 0.25) is 0 Å². The van der Waals surface area contributed by atoms with E-state index < -0.39 is 5.91 Å². The van der Waals surface area contributed by atoms with Crippen LogP contribution >= 0.6 is 11.3 Å². The van der Waals surface area contributed by atoms with Gasteiger partial charge in [-0.2, -0.15) is 0 Å². The van der Waals surface area contributed by atoms with Gasteiger partial charge in [-0.3, -0.25) is 10.0 Å². The molecule has 0 aliphatic carbocycles. The number of rotatable bonds is 8. The first-order valence-corrected chi connectivity index (χ1v) is 10.8. The van der Waals surface area contributed by atoms with Crippen LogP contribution in [0.4, 0.5) is 5.13 Å². The normalized spacial score (nSPS) is 11.8. The van der Waals surface area contributed by atoms with E-state index in [0.29, 0.717) is 17.2 Å². The Labute approximate surface area is 183 Å². The molecule has 0 radical (unpaired) electrons. The number of nitrogens with zero attached hydrogens (tertiary/aromatic N) is 2. The van der Waals surface area contributed by atoms with Gasteiger partial charge in [-0.15, -0.1) is 11.3 Å². The van der Waals surface area contributed by atoms with Crippen molar-refractivity contribution in [1.82, 2.24) is 15.6 Å². The van der Waals surface area contributed by atoms with Crippen LogP contribution in [-0.2, 0) is 6.42 Å². The Hall–Kier alpha value is -3.49. The zero-order valence-electron chi connectivity index (χ0n) is 16.9. The molecule has 0 fully saturated rings. The van der Waals surface area contributed by atoms with Gasteiger partial charge in [-0.1, -0.05) is 54.5 Å². The quantitative estimate of drug-likeness (QED) is 0.270. The largest absolute Gasteiger partial charge is 0.361 e. The second-order valence-corrected chi connectivity index (χ2v) is 8.17. The second-order valence-electron chi connectivity index (χ2n) is 7.31. The molecule has 2 aromatic carbocycles. The highest BCUT2D eigenvalue weighted by Crippen LogP contribution is 2.28. The molecule has 0 bridgehead atoms. The van der Waals surface area contributed by atoms with E-state index in [1.807, 2.05) is 53.9 Å². The summed E-state index contributed by atoms with van der Waals surface area (Å²) in [5, 5.41) is 19.0. The monoisotopic (exact) mass is 434 g/mol. The zero-order valence-corrected chi connectivity index (χ0v) is 17.7. The first kappa shape index (κ1) is 20.8. The first-order chi connectivity index (χ1) is 15.1. The summed E-state index contributed by atoms with van der Waals surface area (Å²) in [4.78, 5) is 16.0. The van der Waals surface area contributed by atoms with Crippen molar-refractivity contribution in [2.45, 2.75) is 13.3 Å². The number of thiazole rings is 1. The third kappa shape index (κ3) is 5.17. The molecule has 2 heterocycles. The minimum Gasteiger partial charge on any atom is -0.361 e. The maximum Gasteiger partial charge on any atom is 0.274 e. The van der Waals surface area contributed by atoms with Crippen LogP contribution in [0, 0.1) is 5.92 Å². The van der Waals surface area contributed by atoms with Crippen molar-refractivity contribution in [1.29, 1.82) is 0 Å². The highest BCUT2D eigenvalue weighted by atomic mass is 32.1. The summed E-state index contributed by atoms with van der Waals surface area (Å²) in [5.74, 6) is 0.492. The van der Waals surface area contributed by atoms with Gasteiger partial charge in [0.15, 0.2) is 10.9 Å². The fourth-order valence-corrected chi connectivity index (χ4v) is 3.91. The molecule has 3 N–H and O–H groups in total. The number of amides is 1. The minimum absolute atomic E-state index is 0.361. The summed E-state index contributed by atoms with van der Waals surface area (Å²) in [6.07, 6.45) is 0.856. The van der Waals surface area contributed by atoms with Crippen LogP contribution in [0.25, 0.3) is 22.7 Å². The number of benzene rings is 2. The van der Waals surface area contributed by atoms with Crippen molar-refractivity contribution in [3.63, 3.8) is 0 Å². The number of nitrogens with one attached hydrogen (secondary N) is 2. The number of aromatic nitrogens is 2. The molecule has 0 aliphatic rings. The Morgan fingerprint density at radius 3 is 2.65 bits per heavy atom. The van der Waals surface area contributed by atoms with Crippen LogP contribution in [0.1, 0.15) is 22.8 Å². The van der Waals surface area contributed by atoms with Gasteiger partial charge in [0, 0.05) is 29.1 Å². The number of hydrogen-bond acceptors (Lipinski definition) is 7. The molecule has 1 amide bonds. The average Bonchev–Trinajstić information content (AvgIpc) is 3.48. The smallest absolute Gasteiger partial charge is 0.274 e. The van der Waals surface area contributed by atoms with Crippen molar-refractivity contribution < 1.29 is 14.5 Å². The van der Waals surface area contributed by atoms with Crippen molar-refractivity contribution in [2.24, 2.45) is 5.92 Å². The molecule has 4 rings (SSSR count). The fourth-order valence-electron chi connectivity index (χ4n) is 3.20. The Kier molecular flexibility index (Phi) is 6.40. The molecule has 2 aromatic heterocycles. The van der Waals surface area contributed by atoms with E-state index in [-0.39, 0.29) is 0 Å². The standard InChI is InChI=1S/C23H22N4O3S/c1-15(11-16-7-9-18(10-8-16)22(28)26-29)13-24-23-25-20(14-31-23)21-12-19(27-30-21)17-5-3-2-4-6-17/h2-10,12,14-15,29H,11,13H2,1H3,(H,24,25)(H,26,28). The Morgan fingerprint density at radius 1 is 1.13 bits per heavy atom. The lowest BCUT2D eigenvalue weighted by Crippen LogP contribution is -2.18. The molecule has 1 atom stereocenters. The number of anilines is 1. The van der Waals surface area contributed by atoms with E-state index in [2.05, 4.69) is 22.4 Å². The van der Waals surface area contributed by atoms with Crippen LogP contribution in [0.3, 0.4) is 0 Å². The maximum atomic E-state index is 11.4. The molecular weight excluding hydrogens is 412 g/mol. The molecule has 0 spiro atoms. The van der Waals surface area contributed by atoms with E-state index in [9.17, 15) is 4.79 Å². The van der Waals surface area contributed by atoms with Crippen molar-refractivity contribution in [2.75, 3.05) is 11.9 Å². The van der Waals surface area contributed by atoms with Gasteiger partial charge < -0.3 is 9.84 Å². The van der Waals surface area contributed by atoms with Crippen LogP contribution in [0.5, 0.6) is 0 Å². The zero-order chi connectivity index (χ0) is 21.6. The van der Waals surface area contributed by atoms with E-state index in [1.165, 1.54) is 11.3 Å². The van der Waals surface area contributed by atoms with Crippen molar-refractivity contribution in [3.8, 4) is 22.7 Å². The van der Waals surface area contributed by atoms with Gasteiger partial charge >= 0.3 is 0 Å². The maximum absolute atomic E-state index is 11.4. The third-order valence-corrected chi connectivity index (χ3v) is 5.64. The highest BCUT2D eigenvalue weighted by Gasteiger charge is 2.13. The van der Waals surface area contributed by atoms with Gasteiger partial charge in [0.05, 0.1) is 0 Å². The Bertz CT molecular complexity index is 1140. The molecule has 0 saturated carbocycles. The lowest BCUT2D eigenvalue weighted by molar-refractivity contribution is 0.0706. The predicted octanol–water partition coefficient (Wildman–Crippen LogP) is 4.87. The Balaban J connectivity index is 1.32. The van der Waals surface area contributed by atoms with Gasteiger partial charge in [0.25, 0.3) is 5.91 Å². The van der Waals surface area contributed by atoms with Crippen molar-refractivity contribution >= 4 is 22.4 Å². The lowest BCUT2D eigenvalue weighted by atomic mass is 10.00.